The van der Waals surface area contributed by atoms with Crippen LogP contribution in [-0.2, 0) is 13.0 Å². The van der Waals surface area contributed by atoms with Crippen LogP contribution >= 0.6 is 0 Å². The molecule has 0 fully saturated rings. The average Bonchev–Trinajstić information content (AvgIpc) is 3.21. The van der Waals surface area contributed by atoms with Crippen molar-refractivity contribution in [1.82, 2.24) is 15.1 Å². The van der Waals surface area contributed by atoms with Crippen molar-refractivity contribution in [2.24, 2.45) is 0 Å². The highest BCUT2D eigenvalue weighted by Crippen LogP contribution is 2.32. The smallest absolute Gasteiger partial charge is 0.439 e. The van der Waals surface area contributed by atoms with E-state index in [1.807, 2.05) is 0 Å². The van der Waals surface area contributed by atoms with Crippen molar-refractivity contribution in [3.63, 3.8) is 0 Å². The Kier molecular flexibility index (Phi) is 5.91. The number of benzene rings is 2. The zero-order chi connectivity index (χ0) is 23.7. The van der Waals surface area contributed by atoms with Gasteiger partial charge in [0.1, 0.15) is 18.1 Å². The quantitative estimate of drug-likeness (QED) is 0.447. The van der Waals surface area contributed by atoms with Gasteiger partial charge in [-0.15, -0.1) is 0 Å². The van der Waals surface area contributed by atoms with Gasteiger partial charge in [-0.25, -0.2) is 22.9 Å². The molecule has 0 unspecified atom stereocenters. The van der Waals surface area contributed by atoms with Crippen molar-refractivity contribution in [2.45, 2.75) is 26.9 Å². The molecule has 2 heterocycles. The molecule has 2 N–H and O–H groups in total. The molecule has 0 aliphatic heterocycles. The van der Waals surface area contributed by atoms with Crippen LogP contribution in [0.2, 0.25) is 0 Å². The third kappa shape index (κ3) is 4.45. The summed E-state index contributed by atoms with van der Waals surface area (Å²) in [4.78, 5) is 17.6. The van der Waals surface area contributed by atoms with Gasteiger partial charge in [0.05, 0.1) is 0 Å². The van der Waals surface area contributed by atoms with Gasteiger partial charge < -0.3 is 9.84 Å². The zero-order valence-corrected chi connectivity index (χ0v) is 17.6. The Morgan fingerprint density at radius 1 is 1.12 bits per heavy atom. The van der Waals surface area contributed by atoms with Crippen LogP contribution in [0.25, 0.3) is 11.3 Å². The van der Waals surface area contributed by atoms with Crippen molar-refractivity contribution in [3.05, 3.63) is 92.6 Å². The highest BCUT2D eigenvalue weighted by Gasteiger charge is 2.19. The predicted molar refractivity (Wildman–Crippen MR) is 111 cm³/mol. The van der Waals surface area contributed by atoms with Gasteiger partial charge in [-0.05, 0) is 60.9 Å². The average molecular weight is 457 g/mol. The van der Waals surface area contributed by atoms with Crippen molar-refractivity contribution < 1.29 is 27.5 Å². The molecule has 0 saturated heterocycles. The number of hydrogen-bond acceptors (Lipinski definition) is 6. The summed E-state index contributed by atoms with van der Waals surface area (Å²) in [5.41, 5.74) is 1.77. The lowest BCUT2D eigenvalue weighted by atomic mass is 9.97. The summed E-state index contributed by atoms with van der Waals surface area (Å²) in [5, 5.41) is 13.6. The van der Waals surface area contributed by atoms with Gasteiger partial charge in [-0.1, -0.05) is 11.2 Å². The molecule has 0 aliphatic carbocycles. The number of hydrogen-bond donors (Lipinski definition) is 2. The maximum atomic E-state index is 15.0. The molecule has 0 aliphatic rings. The number of nitrogens with one attached hydrogen (secondary N) is 1. The maximum absolute atomic E-state index is 15.0. The third-order valence-electron chi connectivity index (χ3n) is 5.17. The van der Waals surface area contributed by atoms with Gasteiger partial charge >= 0.3 is 5.76 Å². The van der Waals surface area contributed by atoms with Crippen LogP contribution in [-0.4, -0.2) is 20.2 Å². The number of aromatic nitrogens is 3. The van der Waals surface area contributed by atoms with Crippen molar-refractivity contribution in [1.29, 1.82) is 0 Å². The van der Waals surface area contributed by atoms with Gasteiger partial charge in [0, 0.05) is 17.7 Å². The van der Waals surface area contributed by atoms with Crippen LogP contribution in [0.15, 0.2) is 45.7 Å². The summed E-state index contributed by atoms with van der Waals surface area (Å²) in [6.07, 6.45) is 0.176. The van der Waals surface area contributed by atoms with E-state index >= 15 is 0 Å². The Balaban J connectivity index is 1.63. The van der Waals surface area contributed by atoms with E-state index in [2.05, 4.69) is 19.6 Å². The summed E-state index contributed by atoms with van der Waals surface area (Å²) in [6.45, 7) is 3.15. The monoisotopic (exact) mass is 457 g/mol. The van der Waals surface area contributed by atoms with Crippen LogP contribution in [0.1, 0.15) is 28.2 Å². The highest BCUT2D eigenvalue weighted by molar-refractivity contribution is 5.66. The van der Waals surface area contributed by atoms with E-state index in [9.17, 15) is 23.1 Å². The fourth-order valence-corrected chi connectivity index (χ4v) is 3.46. The molecule has 2 aromatic carbocycles. The number of halogens is 3. The minimum Gasteiger partial charge on any atom is -0.506 e. The largest absolute Gasteiger partial charge is 0.506 e. The van der Waals surface area contributed by atoms with Gasteiger partial charge in [-0.3, -0.25) is 9.51 Å². The first kappa shape index (κ1) is 22.1. The molecule has 33 heavy (non-hydrogen) atoms. The van der Waals surface area contributed by atoms with E-state index in [4.69, 9.17) is 4.74 Å². The van der Waals surface area contributed by atoms with Crippen LogP contribution in [0.3, 0.4) is 0 Å². The Hall–Kier alpha value is -4.08. The second-order valence-electron chi connectivity index (χ2n) is 7.39. The van der Waals surface area contributed by atoms with E-state index < -0.39 is 23.2 Å². The second kappa shape index (κ2) is 8.81. The van der Waals surface area contributed by atoms with Crippen LogP contribution < -0.4 is 10.5 Å². The van der Waals surface area contributed by atoms with Gasteiger partial charge in [-0.2, -0.15) is 0 Å². The van der Waals surface area contributed by atoms with Crippen LogP contribution in [0, 0.1) is 31.3 Å². The molecule has 2 aromatic heterocycles. The number of pyridine rings is 1. The second-order valence-corrected chi connectivity index (χ2v) is 7.39. The summed E-state index contributed by atoms with van der Waals surface area (Å²) in [5.74, 6) is -3.74. The number of H-pyrrole nitrogens is 1. The summed E-state index contributed by atoms with van der Waals surface area (Å²) >= 11 is 0. The molecule has 170 valence electrons. The van der Waals surface area contributed by atoms with Crippen molar-refractivity contribution in [2.75, 3.05) is 0 Å². The van der Waals surface area contributed by atoms with E-state index in [0.717, 1.165) is 6.07 Å². The molecule has 0 spiro atoms. The normalized spacial score (nSPS) is 11.1. The molecular weight excluding hydrogens is 439 g/mol. The van der Waals surface area contributed by atoms with E-state index in [0.29, 0.717) is 22.4 Å². The molecule has 0 saturated carbocycles. The van der Waals surface area contributed by atoms with Crippen molar-refractivity contribution >= 4 is 0 Å². The molecule has 0 bridgehead atoms. The molecule has 0 amide bonds. The Morgan fingerprint density at radius 2 is 1.91 bits per heavy atom. The van der Waals surface area contributed by atoms with Crippen LogP contribution in [0.5, 0.6) is 11.5 Å². The van der Waals surface area contributed by atoms with Crippen molar-refractivity contribution in [3.8, 4) is 22.8 Å². The van der Waals surface area contributed by atoms with E-state index in [1.165, 1.54) is 30.3 Å². The van der Waals surface area contributed by atoms with E-state index in [-0.39, 0.29) is 41.6 Å². The molecule has 4 aromatic rings. The van der Waals surface area contributed by atoms with Gasteiger partial charge in [0.25, 0.3) is 0 Å². The third-order valence-corrected chi connectivity index (χ3v) is 5.17. The van der Waals surface area contributed by atoms with Crippen LogP contribution in [0.4, 0.5) is 13.2 Å². The Bertz CT molecular complexity index is 1400. The zero-order valence-electron chi connectivity index (χ0n) is 17.6. The predicted octanol–water partition coefficient (Wildman–Crippen LogP) is 4.33. The lowest BCUT2D eigenvalue weighted by Crippen LogP contribution is -2.06. The Morgan fingerprint density at radius 3 is 2.64 bits per heavy atom. The number of ether oxygens (including phenoxy) is 1. The fourth-order valence-electron chi connectivity index (χ4n) is 3.46. The first-order chi connectivity index (χ1) is 15.7. The number of aromatic hydroxyl groups is 1. The molecule has 10 heteroatoms. The Labute approximate surface area is 185 Å². The summed E-state index contributed by atoms with van der Waals surface area (Å²) in [6, 6.07) is 7.97. The fraction of sp³-hybridized carbons (Fsp3) is 0.174. The molecule has 7 nitrogen and oxygen atoms in total. The summed E-state index contributed by atoms with van der Waals surface area (Å²) in [7, 11) is 0. The van der Waals surface area contributed by atoms with E-state index in [1.54, 1.807) is 13.8 Å². The van der Waals surface area contributed by atoms with Gasteiger partial charge in [0.2, 0.25) is 0 Å². The SMILES string of the molecule is Cc1cc(OCc2noc(=O)[nH]2)c(F)c(C)c1Cc1ccc(O)c(-c2cccc(F)c2F)n1. The molecule has 0 radical (unpaired) electrons. The number of aryl methyl sites for hydroxylation is 1. The highest BCUT2D eigenvalue weighted by atomic mass is 19.2. The molecule has 4 rings (SSSR count). The maximum Gasteiger partial charge on any atom is 0.439 e. The topological polar surface area (TPSA) is 101 Å². The number of aromatic amines is 1. The first-order valence-electron chi connectivity index (χ1n) is 9.84. The molecular formula is C23H18F3N3O4. The standard InChI is InChI=1S/C23H18F3N3O4/c1-11-8-18(32-10-19-28-23(31)33-29-19)20(25)12(2)15(11)9-13-6-7-17(30)22(27-13)14-4-3-5-16(24)21(14)26/h3-8,30H,9-10H2,1-2H3,(H,28,29,31). The minimum atomic E-state index is -1.12. The number of rotatable bonds is 6. The lowest BCUT2D eigenvalue weighted by Gasteiger charge is -2.15. The summed E-state index contributed by atoms with van der Waals surface area (Å²) < 4.78 is 52.6. The lowest BCUT2D eigenvalue weighted by molar-refractivity contribution is 0.271. The first-order valence-corrected chi connectivity index (χ1v) is 9.84. The number of nitrogens with zero attached hydrogens (tertiary/aromatic N) is 2. The van der Waals surface area contributed by atoms with Gasteiger partial charge in [0.15, 0.2) is 29.0 Å². The molecule has 0 atom stereocenters. The minimum absolute atomic E-state index is 0.0289.